The van der Waals surface area contributed by atoms with Gasteiger partial charge in [0, 0.05) is 12.1 Å². The van der Waals surface area contributed by atoms with E-state index in [0.717, 1.165) is 5.56 Å². The highest BCUT2D eigenvalue weighted by Crippen LogP contribution is 2.22. The first-order chi connectivity index (χ1) is 14.0. The van der Waals surface area contributed by atoms with E-state index in [1.807, 2.05) is 30.3 Å². The number of amides is 1. The van der Waals surface area contributed by atoms with Crippen molar-refractivity contribution < 1.29 is 18.7 Å². The van der Waals surface area contributed by atoms with Crippen molar-refractivity contribution in [1.82, 2.24) is 4.90 Å². The molecule has 1 aromatic heterocycles. The van der Waals surface area contributed by atoms with Crippen LogP contribution in [0.3, 0.4) is 0 Å². The minimum Gasteiger partial charge on any atom is -0.467 e. The second-order valence-electron chi connectivity index (χ2n) is 6.38. The third-order valence-electron chi connectivity index (χ3n) is 4.21. The SMILES string of the molecule is CN(Cc1ccco1)C(=O)COC(=O)/C(=C/c1ccccc1)c1ccc(Cl)cc1. The molecule has 0 atom stereocenters. The smallest absolute Gasteiger partial charge is 0.339 e. The molecule has 0 spiro atoms. The molecule has 29 heavy (non-hydrogen) atoms. The van der Waals surface area contributed by atoms with Crippen LogP contribution in [0, 0.1) is 0 Å². The number of halogens is 1. The molecule has 0 aliphatic rings. The predicted octanol–water partition coefficient (Wildman–Crippen LogP) is 4.68. The van der Waals surface area contributed by atoms with Gasteiger partial charge in [-0.3, -0.25) is 4.79 Å². The van der Waals surface area contributed by atoms with Gasteiger partial charge in [0.25, 0.3) is 5.91 Å². The predicted molar refractivity (Wildman–Crippen MR) is 112 cm³/mol. The first-order valence-corrected chi connectivity index (χ1v) is 9.37. The molecule has 3 rings (SSSR count). The van der Waals surface area contributed by atoms with E-state index >= 15 is 0 Å². The van der Waals surface area contributed by atoms with Gasteiger partial charge in [-0.05, 0) is 41.5 Å². The molecule has 0 aliphatic heterocycles. The third-order valence-corrected chi connectivity index (χ3v) is 4.46. The molecule has 5 nitrogen and oxygen atoms in total. The number of carbonyl (C=O) groups excluding carboxylic acids is 2. The Labute approximate surface area is 174 Å². The van der Waals surface area contributed by atoms with Crippen molar-refractivity contribution in [3.63, 3.8) is 0 Å². The molecule has 6 heteroatoms. The largest absolute Gasteiger partial charge is 0.467 e. The van der Waals surface area contributed by atoms with Crippen LogP contribution in [0.15, 0.2) is 77.4 Å². The Hall–Kier alpha value is -3.31. The summed E-state index contributed by atoms with van der Waals surface area (Å²) in [6.07, 6.45) is 3.27. The van der Waals surface area contributed by atoms with E-state index in [-0.39, 0.29) is 12.5 Å². The first kappa shape index (κ1) is 20.4. The topological polar surface area (TPSA) is 59.8 Å². The second kappa shape index (κ2) is 9.75. The highest BCUT2D eigenvalue weighted by Gasteiger charge is 2.18. The van der Waals surface area contributed by atoms with Gasteiger partial charge in [-0.1, -0.05) is 54.1 Å². The highest BCUT2D eigenvalue weighted by molar-refractivity contribution is 6.30. The van der Waals surface area contributed by atoms with Crippen LogP contribution in [-0.2, 0) is 20.9 Å². The molecule has 1 amide bonds. The fourth-order valence-corrected chi connectivity index (χ4v) is 2.77. The second-order valence-corrected chi connectivity index (χ2v) is 6.82. The fourth-order valence-electron chi connectivity index (χ4n) is 2.65. The standard InChI is InChI=1S/C23H20ClNO4/c1-25(15-20-8-5-13-28-20)22(26)16-29-23(27)21(14-17-6-3-2-4-7-17)18-9-11-19(24)12-10-18/h2-14H,15-16H2,1H3/b21-14+. The van der Waals surface area contributed by atoms with E-state index < -0.39 is 5.97 Å². The Morgan fingerprint density at radius 2 is 1.76 bits per heavy atom. The van der Waals surface area contributed by atoms with Gasteiger partial charge in [-0.25, -0.2) is 4.79 Å². The highest BCUT2D eigenvalue weighted by atomic mass is 35.5. The molecule has 2 aromatic carbocycles. The van der Waals surface area contributed by atoms with E-state index in [4.69, 9.17) is 20.8 Å². The average molecular weight is 410 g/mol. The van der Waals surface area contributed by atoms with E-state index in [9.17, 15) is 9.59 Å². The Morgan fingerprint density at radius 1 is 1.03 bits per heavy atom. The van der Waals surface area contributed by atoms with Gasteiger partial charge in [0.05, 0.1) is 18.4 Å². The molecule has 0 aliphatic carbocycles. The third kappa shape index (κ3) is 5.83. The Kier molecular flexibility index (Phi) is 6.87. The molecule has 148 valence electrons. The monoisotopic (exact) mass is 409 g/mol. The zero-order chi connectivity index (χ0) is 20.6. The molecule has 0 radical (unpaired) electrons. The van der Waals surface area contributed by atoms with Crippen molar-refractivity contribution in [2.45, 2.75) is 6.54 Å². The summed E-state index contributed by atoms with van der Waals surface area (Å²) in [5, 5.41) is 0.566. The van der Waals surface area contributed by atoms with Crippen molar-refractivity contribution in [2.24, 2.45) is 0 Å². The molecule has 1 heterocycles. The van der Waals surface area contributed by atoms with Crippen LogP contribution in [0.2, 0.25) is 5.02 Å². The summed E-state index contributed by atoms with van der Waals surface area (Å²) in [5.41, 5.74) is 1.84. The molecular formula is C23H20ClNO4. The summed E-state index contributed by atoms with van der Waals surface area (Å²) in [5.74, 6) is -0.265. The molecule has 0 fully saturated rings. The van der Waals surface area contributed by atoms with Crippen LogP contribution in [0.25, 0.3) is 11.6 Å². The number of rotatable bonds is 7. The van der Waals surface area contributed by atoms with Crippen molar-refractivity contribution in [3.8, 4) is 0 Å². The van der Waals surface area contributed by atoms with Crippen LogP contribution in [-0.4, -0.2) is 30.4 Å². The number of nitrogens with zero attached hydrogens (tertiary/aromatic N) is 1. The van der Waals surface area contributed by atoms with Gasteiger partial charge in [0.1, 0.15) is 5.76 Å². The lowest BCUT2D eigenvalue weighted by Crippen LogP contribution is -2.30. The van der Waals surface area contributed by atoms with Crippen LogP contribution in [0.4, 0.5) is 0 Å². The molecule has 0 saturated heterocycles. The number of ether oxygens (including phenoxy) is 1. The van der Waals surface area contributed by atoms with Crippen molar-refractivity contribution in [1.29, 1.82) is 0 Å². The van der Waals surface area contributed by atoms with Gasteiger partial charge in [-0.15, -0.1) is 0 Å². The summed E-state index contributed by atoms with van der Waals surface area (Å²) in [6.45, 7) is -0.0664. The van der Waals surface area contributed by atoms with E-state index in [1.165, 1.54) is 4.90 Å². The Balaban J connectivity index is 1.72. The van der Waals surface area contributed by atoms with Gasteiger partial charge >= 0.3 is 5.97 Å². The average Bonchev–Trinajstić information content (AvgIpc) is 3.24. The van der Waals surface area contributed by atoms with Crippen LogP contribution in [0.5, 0.6) is 0 Å². The normalized spacial score (nSPS) is 11.2. The maximum absolute atomic E-state index is 12.8. The fraction of sp³-hybridized carbons (Fsp3) is 0.130. The number of benzene rings is 2. The number of carbonyl (C=O) groups is 2. The zero-order valence-electron chi connectivity index (χ0n) is 15.9. The summed E-state index contributed by atoms with van der Waals surface area (Å²) in [7, 11) is 1.62. The molecular weight excluding hydrogens is 390 g/mol. The number of esters is 1. The number of hydrogen-bond donors (Lipinski definition) is 0. The molecule has 0 bridgehead atoms. The lowest BCUT2D eigenvalue weighted by molar-refractivity contribution is -0.147. The minimum absolute atomic E-state index is 0.299. The summed E-state index contributed by atoms with van der Waals surface area (Å²) >= 11 is 5.96. The van der Waals surface area contributed by atoms with E-state index in [1.54, 1.807) is 55.8 Å². The van der Waals surface area contributed by atoms with Crippen molar-refractivity contribution >= 4 is 35.1 Å². The lowest BCUT2D eigenvalue weighted by atomic mass is 10.0. The number of hydrogen-bond acceptors (Lipinski definition) is 4. The molecule has 0 N–H and O–H groups in total. The maximum atomic E-state index is 12.8. The molecule has 3 aromatic rings. The van der Waals surface area contributed by atoms with Gasteiger partial charge in [0.15, 0.2) is 6.61 Å². The van der Waals surface area contributed by atoms with Crippen molar-refractivity contribution in [2.75, 3.05) is 13.7 Å². The van der Waals surface area contributed by atoms with Gasteiger partial charge in [-0.2, -0.15) is 0 Å². The van der Waals surface area contributed by atoms with Crippen molar-refractivity contribution in [3.05, 3.63) is 94.9 Å². The Bertz CT molecular complexity index is 979. The number of furan rings is 1. The molecule has 0 unspecified atom stereocenters. The number of likely N-dealkylation sites (N-methyl/N-ethyl adjacent to an activating group) is 1. The van der Waals surface area contributed by atoms with Crippen LogP contribution in [0.1, 0.15) is 16.9 Å². The van der Waals surface area contributed by atoms with Gasteiger partial charge in [0.2, 0.25) is 0 Å². The van der Waals surface area contributed by atoms with E-state index in [2.05, 4.69) is 0 Å². The zero-order valence-corrected chi connectivity index (χ0v) is 16.6. The Morgan fingerprint density at radius 3 is 2.41 bits per heavy atom. The summed E-state index contributed by atoms with van der Waals surface area (Å²) < 4.78 is 10.5. The summed E-state index contributed by atoms with van der Waals surface area (Å²) in [6, 6.07) is 19.8. The van der Waals surface area contributed by atoms with Gasteiger partial charge < -0.3 is 14.1 Å². The maximum Gasteiger partial charge on any atom is 0.339 e. The minimum atomic E-state index is -0.587. The van der Waals surface area contributed by atoms with Crippen LogP contribution >= 0.6 is 11.6 Å². The quantitative estimate of drug-likeness (QED) is 0.323. The van der Waals surface area contributed by atoms with E-state index in [0.29, 0.717) is 28.5 Å². The first-order valence-electron chi connectivity index (χ1n) is 8.99. The van der Waals surface area contributed by atoms with Crippen LogP contribution < -0.4 is 0 Å². The lowest BCUT2D eigenvalue weighted by Gasteiger charge is -2.16. The summed E-state index contributed by atoms with van der Waals surface area (Å²) in [4.78, 5) is 26.5. The molecule has 0 saturated carbocycles.